The predicted octanol–water partition coefficient (Wildman–Crippen LogP) is 3.62. The molecule has 0 radical (unpaired) electrons. The van der Waals surface area contributed by atoms with Gasteiger partial charge in [-0.1, -0.05) is 17.4 Å². The quantitative estimate of drug-likeness (QED) is 0.747. The molecule has 27 heavy (non-hydrogen) atoms. The molecular formula is C19H17FN4O2S. The Morgan fingerprint density at radius 1 is 1.22 bits per heavy atom. The van der Waals surface area contributed by atoms with E-state index in [2.05, 4.69) is 10.3 Å². The molecule has 3 amide bonds. The number of hydrogen-bond donors (Lipinski definition) is 1. The van der Waals surface area contributed by atoms with Crippen molar-refractivity contribution in [3.63, 3.8) is 0 Å². The van der Waals surface area contributed by atoms with E-state index in [0.717, 1.165) is 15.8 Å². The maximum absolute atomic E-state index is 13.1. The molecule has 1 fully saturated rings. The number of hydrogen-bond acceptors (Lipinski definition) is 4. The summed E-state index contributed by atoms with van der Waals surface area (Å²) in [5.74, 6) is -0.646. The van der Waals surface area contributed by atoms with Crippen molar-refractivity contribution in [3.8, 4) is 0 Å². The number of nitrogens with zero attached hydrogens (tertiary/aromatic N) is 3. The van der Waals surface area contributed by atoms with Crippen LogP contribution >= 0.6 is 11.3 Å². The topological polar surface area (TPSA) is 65.5 Å². The fourth-order valence-corrected chi connectivity index (χ4v) is 3.99. The van der Waals surface area contributed by atoms with Gasteiger partial charge in [-0.15, -0.1) is 0 Å². The highest BCUT2D eigenvalue weighted by Crippen LogP contribution is 2.27. The Labute approximate surface area is 159 Å². The van der Waals surface area contributed by atoms with E-state index in [-0.39, 0.29) is 24.3 Å². The molecule has 6 nitrogen and oxygen atoms in total. The number of aromatic nitrogens is 1. The molecule has 0 unspecified atom stereocenters. The number of anilines is 2. The second-order valence-electron chi connectivity index (χ2n) is 6.37. The van der Waals surface area contributed by atoms with Crippen molar-refractivity contribution < 1.29 is 14.0 Å². The van der Waals surface area contributed by atoms with E-state index in [1.165, 1.54) is 33.3 Å². The lowest BCUT2D eigenvalue weighted by molar-refractivity contribution is -0.116. The summed E-state index contributed by atoms with van der Waals surface area (Å²) < 4.78 is 14.1. The number of halogens is 1. The van der Waals surface area contributed by atoms with Crippen LogP contribution in [0.15, 0.2) is 42.5 Å². The minimum Gasteiger partial charge on any atom is -0.313 e. The molecule has 2 aromatic carbocycles. The molecule has 0 atom stereocenters. The van der Waals surface area contributed by atoms with Gasteiger partial charge in [0.05, 0.1) is 10.2 Å². The van der Waals surface area contributed by atoms with Crippen molar-refractivity contribution >= 4 is 44.3 Å². The number of carbonyl (C=O) groups is 2. The standard InChI is InChI=1S/C19H17FN4O2S/c1-12-2-7-15-16(10-12)27-18(21-15)22-17(25)11-23-8-9-24(19(23)26)14-5-3-13(20)4-6-14/h2-7,10H,8-9,11H2,1H3,(H,21,22,25). The number of aryl methyl sites for hydroxylation is 1. The van der Waals surface area contributed by atoms with Crippen molar-refractivity contribution in [2.45, 2.75) is 6.92 Å². The molecule has 4 rings (SSSR count). The number of carbonyl (C=O) groups excluding carboxylic acids is 2. The summed E-state index contributed by atoms with van der Waals surface area (Å²) in [6, 6.07) is 11.4. The lowest BCUT2D eigenvalue weighted by Crippen LogP contribution is -2.37. The Morgan fingerprint density at radius 2 is 2.00 bits per heavy atom. The summed E-state index contributed by atoms with van der Waals surface area (Å²) in [6.07, 6.45) is 0. The molecule has 1 aliphatic heterocycles. The molecule has 0 spiro atoms. The Morgan fingerprint density at radius 3 is 2.78 bits per heavy atom. The van der Waals surface area contributed by atoms with Crippen LogP contribution in [-0.4, -0.2) is 41.5 Å². The van der Waals surface area contributed by atoms with E-state index in [1.54, 1.807) is 12.1 Å². The molecule has 3 aromatic rings. The van der Waals surface area contributed by atoms with E-state index >= 15 is 0 Å². The van der Waals surface area contributed by atoms with Crippen molar-refractivity contribution in [1.29, 1.82) is 0 Å². The Balaban J connectivity index is 1.40. The van der Waals surface area contributed by atoms with E-state index < -0.39 is 0 Å². The molecule has 1 aliphatic rings. The highest BCUT2D eigenvalue weighted by Gasteiger charge is 2.31. The maximum Gasteiger partial charge on any atom is 0.325 e. The zero-order valence-electron chi connectivity index (χ0n) is 14.6. The first-order chi connectivity index (χ1) is 13.0. The van der Waals surface area contributed by atoms with Crippen molar-refractivity contribution in [3.05, 3.63) is 53.8 Å². The second-order valence-corrected chi connectivity index (χ2v) is 7.40. The average Bonchev–Trinajstić information content (AvgIpc) is 3.19. The van der Waals surface area contributed by atoms with Crippen molar-refractivity contribution in [2.75, 3.05) is 29.9 Å². The van der Waals surface area contributed by atoms with Crippen LogP contribution in [-0.2, 0) is 4.79 Å². The third-order valence-electron chi connectivity index (χ3n) is 4.36. The van der Waals surface area contributed by atoms with Gasteiger partial charge in [0.25, 0.3) is 0 Å². The molecule has 1 aromatic heterocycles. The van der Waals surface area contributed by atoms with Crippen molar-refractivity contribution in [2.24, 2.45) is 0 Å². The van der Waals surface area contributed by atoms with Crippen LogP contribution in [0, 0.1) is 12.7 Å². The van der Waals surface area contributed by atoms with Gasteiger partial charge in [-0.3, -0.25) is 9.69 Å². The molecule has 2 heterocycles. The predicted molar refractivity (Wildman–Crippen MR) is 104 cm³/mol. The lowest BCUT2D eigenvalue weighted by atomic mass is 10.2. The monoisotopic (exact) mass is 384 g/mol. The average molecular weight is 384 g/mol. The second kappa shape index (κ2) is 6.96. The highest BCUT2D eigenvalue weighted by molar-refractivity contribution is 7.22. The number of urea groups is 1. The SMILES string of the molecule is Cc1ccc2nc(NC(=O)CN3CCN(c4ccc(F)cc4)C3=O)sc2c1. The largest absolute Gasteiger partial charge is 0.325 e. The van der Waals surface area contributed by atoms with Gasteiger partial charge in [0, 0.05) is 18.8 Å². The highest BCUT2D eigenvalue weighted by atomic mass is 32.1. The van der Waals surface area contributed by atoms with E-state index in [0.29, 0.717) is 23.9 Å². The molecule has 138 valence electrons. The molecule has 0 saturated carbocycles. The van der Waals surface area contributed by atoms with Crippen LogP contribution in [0.3, 0.4) is 0 Å². The van der Waals surface area contributed by atoms with E-state index in [4.69, 9.17) is 0 Å². The number of fused-ring (bicyclic) bond motifs is 1. The molecule has 0 bridgehead atoms. The first-order valence-electron chi connectivity index (χ1n) is 8.49. The van der Waals surface area contributed by atoms with Crippen LogP contribution in [0.5, 0.6) is 0 Å². The fraction of sp³-hybridized carbons (Fsp3) is 0.211. The van der Waals surface area contributed by atoms with Gasteiger partial charge in [0.2, 0.25) is 5.91 Å². The number of thiazole rings is 1. The Kier molecular flexibility index (Phi) is 4.49. The Hall–Kier alpha value is -3.00. The number of rotatable bonds is 4. The van der Waals surface area contributed by atoms with Gasteiger partial charge >= 0.3 is 6.03 Å². The number of amides is 3. The zero-order chi connectivity index (χ0) is 19.0. The van der Waals surface area contributed by atoms with Gasteiger partial charge in [-0.25, -0.2) is 14.2 Å². The van der Waals surface area contributed by atoms with Crippen LogP contribution in [0.2, 0.25) is 0 Å². The van der Waals surface area contributed by atoms with Gasteiger partial charge in [0.15, 0.2) is 5.13 Å². The Bertz CT molecular complexity index is 1020. The summed E-state index contributed by atoms with van der Waals surface area (Å²) >= 11 is 1.40. The van der Waals surface area contributed by atoms with Gasteiger partial charge in [-0.2, -0.15) is 0 Å². The molecule has 1 N–H and O–H groups in total. The first-order valence-corrected chi connectivity index (χ1v) is 9.30. The van der Waals surface area contributed by atoms with Gasteiger partial charge in [-0.05, 0) is 48.9 Å². The molecule has 0 aliphatic carbocycles. The van der Waals surface area contributed by atoms with E-state index in [1.807, 2.05) is 25.1 Å². The lowest BCUT2D eigenvalue weighted by Gasteiger charge is -2.18. The summed E-state index contributed by atoms with van der Waals surface area (Å²) in [5.41, 5.74) is 2.58. The van der Waals surface area contributed by atoms with Crippen LogP contribution in [0.25, 0.3) is 10.2 Å². The first kappa shape index (κ1) is 17.4. The van der Waals surface area contributed by atoms with E-state index in [9.17, 15) is 14.0 Å². The summed E-state index contributed by atoms with van der Waals surface area (Å²) in [7, 11) is 0. The van der Waals surface area contributed by atoms with Crippen LogP contribution in [0.4, 0.5) is 20.0 Å². The van der Waals surface area contributed by atoms with Crippen LogP contribution < -0.4 is 10.2 Å². The summed E-state index contributed by atoms with van der Waals surface area (Å²) in [4.78, 5) is 32.3. The fourth-order valence-electron chi connectivity index (χ4n) is 3.01. The minimum absolute atomic E-state index is 0.0501. The summed E-state index contributed by atoms with van der Waals surface area (Å²) in [6.45, 7) is 2.84. The third-order valence-corrected chi connectivity index (χ3v) is 5.29. The number of nitrogens with one attached hydrogen (secondary N) is 1. The normalized spacial score (nSPS) is 14.2. The maximum atomic E-state index is 13.1. The van der Waals surface area contributed by atoms with Gasteiger partial charge in [0.1, 0.15) is 12.4 Å². The van der Waals surface area contributed by atoms with Crippen molar-refractivity contribution in [1.82, 2.24) is 9.88 Å². The number of benzene rings is 2. The minimum atomic E-state index is -0.354. The van der Waals surface area contributed by atoms with Gasteiger partial charge < -0.3 is 10.2 Å². The van der Waals surface area contributed by atoms with Crippen LogP contribution in [0.1, 0.15) is 5.56 Å². The smallest absolute Gasteiger partial charge is 0.313 e. The molecule has 8 heteroatoms. The molecular weight excluding hydrogens is 367 g/mol. The third kappa shape index (κ3) is 3.61. The summed E-state index contributed by atoms with van der Waals surface area (Å²) in [5, 5.41) is 3.28. The zero-order valence-corrected chi connectivity index (χ0v) is 15.4. The molecule has 1 saturated heterocycles.